The molecule has 0 atom stereocenters. The zero-order valence-electron chi connectivity index (χ0n) is 10.6. The van der Waals surface area contributed by atoms with Crippen molar-refractivity contribution >= 4 is 17.5 Å². The number of nitrogens with one attached hydrogen (secondary N) is 1. The molecule has 0 bridgehead atoms. The molecule has 0 heterocycles. The predicted molar refractivity (Wildman–Crippen MR) is 74.9 cm³/mol. The molecule has 0 aliphatic rings. The molecule has 0 aliphatic heterocycles. The maximum absolute atomic E-state index is 13.5. The predicted octanol–water partition coefficient (Wildman–Crippen LogP) is 2.90. The fraction of sp³-hybridized carbons (Fsp3) is 0.133. The second kappa shape index (κ2) is 6.50. The molecule has 20 heavy (non-hydrogen) atoms. The van der Waals surface area contributed by atoms with Gasteiger partial charge in [0.25, 0.3) is 5.91 Å². The van der Waals surface area contributed by atoms with Crippen LogP contribution >= 0.6 is 11.6 Å². The van der Waals surface area contributed by atoms with Gasteiger partial charge in [0.2, 0.25) is 0 Å². The van der Waals surface area contributed by atoms with Crippen LogP contribution in [-0.2, 0) is 13.2 Å². The SMILES string of the molecule is O=C(NCc1ccc(CO)cc1)c1cc(Cl)ccc1F. The molecule has 0 radical (unpaired) electrons. The van der Waals surface area contributed by atoms with E-state index in [0.717, 1.165) is 17.2 Å². The summed E-state index contributed by atoms with van der Waals surface area (Å²) in [5.74, 6) is -1.13. The van der Waals surface area contributed by atoms with Crippen molar-refractivity contribution < 1.29 is 14.3 Å². The summed E-state index contributed by atoms with van der Waals surface area (Å²) in [7, 11) is 0. The molecule has 0 aliphatic carbocycles. The molecule has 0 saturated carbocycles. The van der Waals surface area contributed by atoms with Crippen LogP contribution in [0.2, 0.25) is 5.02 Å². The number of halogens is 2. The number of carbonyl (C=O) groups excluding carboxylic acids is 1. The maximum atomic E-state index is 13.5. The molecule has 0 spiro atoms. The van der Waals surface area contributed by atoms with E-state index in [1.54, 1.807) is 24.3 Å². The number of amides is 1. The lowest BCUT2D eigenvalue weighted by Crippen LogP contribution is -2.23. The first-order chi connectivity index (χ1) is 9.60. The maximum Gasteiger partial charge on any atom is 0.254 e. The summed E-state index contributed by atoms with van der Waals surface area (Å²) in [5.41, 5.74) is 1.57. The van der Waals surface area contributed by atoms with Gasteiger partial charge in [-0.15, -0.1) is 0 Å². The molecule has 2 N–H and O–H groups in total. The molecular formula is C15H13ClFNO2. The van der Waals surface area contributed by atoms with E-state index in [2.05, 4.69) is 5.32 Å². The highest BCUT2D eigenvalue weighted by Crippen LogP contribution is 2.15. The lowest BCUT2D eigenvalue weighted by molar-refractivity contribution is 0.0947. The van der Waals surface area contributed by atoms with Crippen molar-refractivity contribution in [1.82, 2.24) is 5.32 Å². The van der Waals surface area contributed by atoms with Crippen LogP contribution < -0.4 is 5.32 Å². The van der Waals surface area contributed by atoms with Crippen molar-refractivity contribution in [1.29, 1.82) is 0 Å². The third kappa shape index (κ3) is 3.56. The molecule has 2 aromatic carbocycles. The smallest absolute Gasteiger partial charge is 0.254 e. The number of rotatable bonds is 4. The van der Waals surface area contributed by atoms with E-state index < -0.39 is 11.7 Å². The van der Waals surface area contributed by atoms with Gasteiger partial charge < -0.3 is 10.4 Å². The number of hydrogen-bond acceptors (Lipinski definition) is 2. The first-order valence-corrected chi connectivity index (χ1v) is 6.40. The fourth-order valence-corrected chi connectivity index (χ4v) is 1.88. The standard InChI is InChI=1S/C15H13ClFNO2/c16-12-5-6-14(17)13(7-12)15(20)18-8-10-1-3-11(9-19)4-2-10/h1-7,19H,8-9H2,(H,18,20). The average molecular weight is 294 g/mol. The Balaban J connectivity index is 2.02. The van der Waals surface area contributed by atoms with Crippen LogP contribution in [0.25, 0.3) is 0 Å². The summed E-state index contributed by atoms with van der Waals surface area (Å²) in [6.45, 7) is 0.247. The molecular weight excluding hydrogens is 281 g/mol. The Labute approximate surface area is 121 Å². The zero-order chi connectivity index (χ0) is 14.5. The quantitative estimate of drug-likeness (QED) is 0.910. The van der Waals surface area contributed by atoms with Crippen molar-refractivity contribution in [2.24, 2.45) is 0 Å². The Morgan fingerprint density at radius 3 is 2.45 bits per heavy atom. The van der Waals surface area contributed by atoms with Gasteiger partial charge in [0, 0.05) is 11.6 Å². The van der Waals surface area contributed by atoms with Crippen LogP contribution in [0.15, 0.2) is 42.5 Å². The number of hydrogen-bond donors (Lipinski definition) is 2. The third-order valence-electron chi connectivity index (χ3n) is 2.83. The van der Waals surface area contributed by atoms with E-state index in [0.29, 0.717) is 5.02 Å². The third-order valence-corrected chi connectivity index (χ3v) is 3.07. The van der Waals surface area contributed by atoms with E-state index in [1.807, 2.05) is 0 Å². The number of benzene rings is 2. The summed E-state index contributed by atoms with van der Waals surface area (Å²) in [5, 5.41) is 11.9. The fourth-order valence-electron chi connectivity index (χ4n) is 1.71. The minimum Gasteiger partial charge on any atom is -0.392 e. The van der Waals surface area contributed by atoms with E-state index >= 15 is 0 Å². The minimum absolute atomic E-state index is 0.0274. The van der Waals surface area contributed by atoms with E-state index in [1.165, 1.54) is 12.1 Å². The molecule has 5 heteroatoms. The number of aliphatic hydroxyl groups excluding tert-OH is 1. The summed E-state index contributed by atoms with van der Waals surface area (Å²) in [6.07, 6.45) is 0. The van der Waals surface area contributed by atoms with E-state index in [-0.39, 0.29) is 18.7 Å². The molecule has 2 rings (SSSR count). The molecule has 0 fully saturated rings. The van der Waals surface area contributed by atoms with Crippen molar-refractivity contribution in [2.75, 3.05) is 0 Å². The van der Waals surface area contributed by atoms with Crippen LogP contribution in [0.5, 0.6) is 0 Å². The minimum atomic E-state index is -0.609. The Morgan fingerprint density at radius 2 is 1.80 bits per heavy atom. The van der Waals surface area contributed by atoms with Crippen molar-refractivity contribution in [3.8, 4) is 0 Å². The lowest BCUT2D eigenvalue weighted by atomic mass is 10.1. The summed E-state index contributed by atoms with van der Waals surface area (Å²) in [4.78, 5) is 11.9. The van der Waals surface area contributed by atoms with Gasteiger partial charge in [-0.1, -0.05) is 35.9 Å². The molecule has 3 nitrogen and oxygen atoms in total. The van der Waals surface area contributed by atoms with Crippen LogP contribution in [0.3, 0.4) is 0 Å². The largest absolute Gasteiger partial charge is 0.392 e. The second-order valence-electron chi connectivity index (χ2n) is 4.28. The van der Waals surface area contributed by atoms with Gasteiger partial charge in [-0.3, -0.25) is 4.79 Å². The summed E-state index contributed by atoms with van der Waals surface area (Å²) in [6, 6.07) is 11.0. The summed E-state index contributed by atoms with van der Waals surface area (Å²) >= 11 is 5.74. The topological polar surface area (TPSA) is 49.3 Å². The average Bonchev–Trinajstić information content (AvgIpc) is 2.47. The Kier molecular flexibility index (Phi) is 4.71. The van der Waals surface area contributed by atoms with Crippen LogP contribution in [0.1, 0.15) is 21.5 Å². The molecule has 104 valence electrons. The van der Waals surface area contributed by atoms with Crippen molar-refractivity contribution in [3.05, 3.63) is 70.0 Å². The number of carbonyl (C=O) groups is 1. The monoisotopic (exact) mass is 293 g/mol. The van der Waals surface area contributed by atoms with Crippen molar-refractivity contribution in [3.63, 3.8) is 0 Å². The molecule has 1 amide bonds. The molecule has 0 aromatic heterocycles. The first kappa shape index (κ1) is 14.5. The molecule has 2 aromatic rings. The van der Waals surface area contributed by atoms with Gasteiger partial charge in [-0.05, 0) is 29.3 Å². The molecule has 0 unspecified atom stereocenters. The van der Waals surface area contributed by atoms with Crippen LogP contribution in [-0.4, -0.2) is 11.0 Å². The lowest BCUT2D eigenvalue weighted by Gasteiger charge is -2.07. The van der Waals surface area contributed by atoms with Crippen LogP contribution in [0.4, 0.5) is 4.39 Å². The molecule has 0 saturated heterocycles. The second-order valence-corrected chi connectivity index (χ2v) is 4.72. The number of aliphatic hydroxyl groups is 1. The Hall–Kier alpha value is -1.91. The Bertz CT molecular complexity index is 614. The highest BCUT2D eigenvalue weighted by molar-refractivity contribution is 6.30. The zero-order valence-corrected chi connectivity index (χ0v) is 11.3. The van der Waals surface area contributed by atoms with Crippen molar-refractivity contribution in [2.45, 2.75) is 13.2 Å². The normalized spacial score (nSPS) is 10.3. The van der Waals surface area contributed by atoms with Gasteiger partial charge in [0.1, 0.15) is 5.82 Å². The first-order valence-electron chi connectivity index (χ1n) is 6.02. The van der Waals surface area contributed by atoms with Crippen LogP contribution in [0, 0.1) is 5.82 Å². The summed E-state index contributed by atoms with van der Waals surface area (Å²) < 4.78 is 13.5. The highest BCUT2D eigenvalue weighted by atomic mass is 35.5. The van der Waals surface area contributed by atoms with Gasteiger partial charge in [0.05, 0.1) is 12.2 Å². The van der Waals surface area contributed by atoms with E-state index in [4.69, 9.17) is 16.7 Å². The van der Waals surface area contributed by atoms with Gasteiger partial charge in [-0.25, -0.2) is 4.39 Å². The Morgan fingerprint density at radius 1 is 1.15 bits per heavy atom. The van der Waals surface area contributed by atoms with E-state index in [9.17, 15) is 9.18 Å². The highest BCUT2D eigenvalue weighted by Gasteiger charge is 2.11. The van der Waals surface area contributed by atoms with Gasteiger partial charge in [-0.2, -0.15) is 0 Å². The van der Waals surface area contributed by atoms with Gasteiger partial charge >= 0.3 is 0 Å². The van der Waals surface area contributed by atoms with Gasteiger partial charge in [0.15, 0.2) is 0 Å².